The van der Waals surface area contributed by atoms with Crippen molar-refractivity contribution in [2.24, 2.45) is 10.7 Å². The molecule has 3 N–H and O–H groups in total. The minimum atomic E-state index is -3.46. The number of hydrogen-bond acceptors (Lipinski definition) is 4. The number of sulfonamides is 1. The van der Waals surface area contributed by atoms with Crippen molar-refractivity contribution in [3.05, 3.63) is 30.3 Å². The second-order valence-electron chi connectivity index (χ2n) is 4.55. The van der Waals surface area contributed by atoms with Gasteiger partial charge in [0.2, 0.25) is 10.0 Å². The van der Waals surface area contributed by atoms with Crippen molar-refractivity contribution in [1.82, 2.24) is 9.62 Å². The van der Waals surface area contributed by atoms with E-state index in [4.69, 9.17) is 5.73 Å². The van der Waals surface area contributed by atoms with E-state index in [-0.39, 0.29) is 11.4 Å². The first-order valence-corrected chi connectivity index (χ1v) is 9.41. The molecule has 0 bridgehead atoms. The Hall–Kier alpha value is -1.25. The van der Waals surface area contributed by atoms with Gasteiger partial charge in [0, 0.05) is 31.1 Å². The summed E-state index contributed by atoms with van der Waals surface area (Å²) < 4.78 is 26.5. The van der Waals surface area contributed by atoms with Crippen LogP contribution in [-0.2, 0) is 10.0 Å². The second kappa shape index (κ2) is 7.67. The number of nitrogens with one attached hydrogen (secondary N) is 1. The average molecular weight is 328 g/mol. The fourth-order valence-electron chi connectivity index (χ4n) is 1.93. The maximum atomic E-state index is 12.0. The van der Waals surface area contributed by atoms with E-state index in [0.29, 0.717) is 12.5 Å². The molecule has 21 heavy (non-hydrogen) atoms. The van der Waals surface area contributed by atoms with Crippen molar-refractivity contribution in [3.63, 3.8) is 0 Å². The predicted molar refractivity (Wildman–Crippen MR) is 87.0 cm³/mol. The molecule has 0 radical (unpaired) electrons. The highest BCUT2D eigenvalue weighted by Crippen LogP contribution is 2.08. The Morgan fingerprint density at radius 1 is 1.29 bits per heavy atom. The Morgan fingerprint density at radius 2 is 1.95 bits per heavy atom. The number of guanidine groups is 1. The Kier molecular flexibility index (Phi) is 5.89. The van der Waals surface area contributed by atoms with Crippen LogP contribution in [0, 0.1) is 0 Å². The van der Waals surface area contributed by atoms with Crippen LogP contribution in [0.15, 0.2) is 40.2 Å². The highest BCUT2D eigenvalue weighted by atomic mass is 32.2. The van der Waals surface area contributed by atoms with Crippen molar-refractivity contribution >= 4 is 27.7 Å². The summed E-state index contributed by atoms with van der Waals surface area (Å²) in [4.78, 5) is 6.52. The molecule has 1 saturated heterocycles. The largest absolute Gasteiger partial charge is 0.370 e. The highest BCUT2D eigenvalue weighted by Gasteiger charge is 2.13. The number of aliphatic imine (C=N–C) groups is 1. The summed E-state index contributed by atoms with van der Waals surface area (Å²) in [5.74, 6) is 2.60. The predicted octanol–water partition coefficient (Wildman–Crippen LogP) is 0.328. The maximum absolute atomic E-state index is 12.0. The van der Waals surface area contributed by atoms with Crippen molar-refractivity contribution in [2.45, 2.75) is 4.90 Å². The molecule has 1 heterocycles. The normalized spacial score (nSPS) is 17.0. The molecule has 1 aromatic carbocycles. The summed E-state index contributed by atoms with van der Waals surface area (Å²) in [5, 5.41) is 0. The fourth-order valence-corrected chi connectivity index (χ4v) is 3.87. The molecule has 0 spiro atoms. The van der Waals surface area contributed by atoms with Crippen LogP contribution in [0.2, 0.25) is 0 Å². The van der Waals surface area contributed by atoms with Crippen molar-refractivity contribution < 1.29 is 8.42 Å². The molecule has 0 atom stereocenters. The van der Waals surface area contributed by atoms with Gasteiger partial charge in [-0.25, -0.2) is 13.1 Å². The summed E-state index contributed by atoms with van der Waals surface area (Å²) in [6, 6.07) is 8.29. The summed E-state index contributed by atoms with van der Waals surface area (Å²) >= 11 is 1.90. The first-order chi connectivity index (χ1) is 10.1. The van der Waals surface area contributed by atoms with E-state index < -0.39 is 10.0 Å². The zero-order chi connectivity index (χ0) is 15.1. The smallest absolute Gasteiger partial charge is 0.240 e. The average Bonchev–Trinajstić information content (AvgIpc) is 2.53. The monoisotopic (exact) mass is 328 g/mol. The van der Waals surface area contributed by atoms with Gasteiger partial charge in [0.05, 0.1) is 11.4 Å². The lowest BCUT2D eigenvalue weighted by Crippen LogP contribution is -2.43. The number of thioether (sulfide) groups is 1. The zero-order valence-corrected chi connectivity index (χ0v) is 13.4. The van der Waals surface area contributed by atoms with Crippen molar-refractivity contribution in [1.29, 1.82) is 0 Å². The lowest BCUT2D eigenvalue weighted by atomic mass is 10.4. The Bertz CT molecular complexity index is 569. The van der Waals surface area contributed by atoms with E-state index in [0.717, 1.165) is 24.6 Å². The topological polar surface area (TPSA) is 87.8 Å². The number of nitrogens with zero attached hydrogens (tertiary/aromatic N) is 2. The van der Waals surface area contributed by atoms with E-state index >= 15 is 0 Å². The number of hydrogen-bond donors (Lipinski definition) is 2. The molecule has 1 aromatic rings. The summed E-state index contributed by atoms with van der Waals surface area (Å²) in [7, 11) is -3.46. The molecular weight excluding hydrogens is 308 g/mol. The Balaban J connectivity index is 1.81. The van der Waals surface area contributed by atoms with Gasteiger partial charge in [0.15, 0.2) is 5.96 Å². The number of rotatable bonds is 5. The molecule has 0 saturated carbocycles. The molecule has 8 heteroatoms. The van der Waals surface area contributed by atoms with Crippen LogP contribution in [0.25, 0.3) is 0 Å². The third kappa shape index (κ3) is 4.90. The van der Waals surface area contributed by atoms with Crippen LogP contribution >= 0.6 is 11.8 Å². The zero-order valence-electron chi connectivity index (χ0n) is 11.7. The lowest BCUT2D eigenvalue weighted by Gasteiger charge is -2.27. The van der Waals surface area contributed by atoms with Gasteiger partial charge >= 0.3 is 0 Å². The standard InChI is InChI=1S/C13H20N4O2S2/c14-13(17-8-10-20-11-9-17)15-6-7-16-21(18,19)12-4-2-1-3-5-12/h1-5,16H,6-11H2,(H2,14,15). The minimum Gasteiger partial charge on any atom is -0.370 e. The molecule has 0 amide bonds. The van der Waals surface area contributed by atoms with Crippen LogP contribution in [0.5, 0.6) is 0 Å². The van der Waals surface area contributed by atoms with E-state index in [1.165, 1.54) is 0 Å². The van der Waals surface area contributed by atoms with Crippen LogP contribution in [-0.4, -0.2) is 57.0 Å². The quantitative estimate of drug-likeness (QED) is 0.462. The van der Waals surface area contributed by atoms with E-state index in [9.17, 15) is 8.42 Å². The maximum Gasteiger partial charge on any atom is 0.240 e. The van der Waals surface area contributed by atoms with Gasteiger partial charge in [-0.15, -0.1) is 0 Å². The van der Waals surface area contributed by atoms with Gasteiger partial charge in [0.1, 0.15) is 0 Å². The van der Waals surface area contributed by atoms with Gasteiger partial charge < -0.3 is 10.6 Å². The van der Waals surface area contributed by atoms with E-state index in [1.54, 1.807) is 30.3 Å². The number of nitrogens with two attached hydrogens (primary N) is 1. The van der Waals surface area contributed by atoms with Crippen LogP contribution < -0.4 is 10.5 Å². The van der Waals surface area contributed by atoms with Gasteiger partial charge in [-0.3, -0.25) is 4.99 Å². The summed E-state index contributed by atoms with van der Waals surface area (Å²) in [6.45, 7) is 2.37. The van der Waals surface area contributed by atoms with Crippen molar-refractivity contribution in [2.75, 3.05) is 37.7 Å². The van der Waals surface area contributed by atoms with Gasteiger partial charge in [-0.2, -0.15) is 11.8 Å². The molecule has 0 unspecified atom stereocenters. The van der Waals surface area contributed by atoms with Gasteiger partial charge in [-0.1, -0.05) is 18.2 Å². The number of benzene rings is 1. The molecule has 1 aliphatic heterocycles. The first-order valence-electron chi connectivity index (χ1n) is 6.77. The highest BCUT2D eigenvalue weighted by molar-refractivity contribution is 7.99. The van der Waals surface area contributed by atoms with Gasteiger partial charge in [-0.05, 0) is 12.1 Å². The molecule has 6 nitrogen and oxygen atoms in total. The SMILES string of the molecule is NC(=NCCNS(=O)(=O)c1ccccc1)N1CCSCC1. The molecule has 116 valence electrons. The third-order valence-electron chi connectivity index (χ3n) is 3.07. The first kappa shape index (κ1) is 16.1. The minimum absolute atomic E-state index is 0.237. The summed E-state index contributed by atoms with van der Waals surface area (Å²) in [5.41, 5.74) is 5.90. The van der Waals surface area contributed by atoms with E-state index in [2.05, 4.69) is 9.71 Å². The molecule has 0 aromatic heterocycles. The van der Waals surface area contributed by atoms with Crippen LogP contribution in [0.3, 0.4) is 0 Å². The Morgan fingerprint density at radius 3 is 2.62 bits per heavy atom. The Labute approximate surface area is 129 Å². The lowest BCUT2D eigenvalue weighted by molar-refractivity contribution is 0.456. The van der Waals surface area contributed by atoms with Gasteiger partial charge in [0.25, 0.3) is 0 Å². The molecule has 1 aliphatic rings. The van der Waals surface area contributed by atoms with Crippen molar-refractivity contribution in [3.8, 4) is 0 Å². The second-order valence-corrected chi connectivity index (χ2v) is 7.54. The van der Waals surface area contributed by atoms with Crippen LogP contribution in [0.1, 0.15) is 0 Å². The third-order valence-corrected chi connectivity index (χ3v) is 5.49. The van der Waals surface area contributed by atoms with Crippen LogP contribution in [0.4, 0.5) is 0 Å². The molecule has 2 rings (SSSR count). The van der Waals surface area contributed by atoms with E-state index in [1.807, 2.05) is 16.7 Å². The fraction of sp³-hybridized carbons (Fsp3) is 0.462. The summed E-state index contributed by atoms with van der Waals surface area (Å²) in [6.07, 6.45) is 0. The molecular formula is C13H20N4O2S2. The molecule has 1 fully saturated rings. The molecule has 0 aliphatic carbocycles.